The lowest BCUT2D eigenvalue weighted by Crippen LogP contribution is -1.87. The van der Waals surface area contributed by atoms with E-state index in [1.54, 1.807) is 0 Å². The molecule has 0 aliphatic heterocycles. The molecule has 0 fully saturated rings. The number of fused-ring (bicyclic) bond motifs is 6. The molecule has 134 valence electrons. The van der Waals surface area contributed by atoms with Crippen LogP contribution in [0.5, 0.6) is 0 Å². The molecule has 0 spiro atoms. The fraction of sp³-hybridized carbons (Fsp3) is 0.0769. The second-order valence-electron chi connectivity index (χ2n) is 7.52. The van der Waals surface area contributed by atoms with Crippen LogP contribution in [0.15, 0.2) is 81.6 Å². The van der Waals surface area contributed by atoms with Crippen LogP contribution in [0.4, 0.5) is 0 Å². The van der Waals surface area contributed by atoms with Crippen molar-refractivity contribution in [3.8, 4) is 11.1 Å². The van der Waals surface area contributed by atoms with E-state index in [2.05, 4.69) is 62.4 Å². The van der Waals surface area contributed by atoms with Crippen LogP contribution < -0.4 is 0 Å². The largest absolute Gasteiger partial charge is 0.456 e. The first-order valence-corrected chi connectivity index (χ1v) is 9.53. The van der Waals surface area contributed by atoms with Crippen molar-refractivity contribution in [2.45, 2.75) is 13.8 Å². The molecule has 0 aliphatic rings. The van der Waals surface area contributed by atoms with Crippen LogP contribution in [0.25, 0.3) is 55.0 Å². The Labute approximate surface area is 162 Å². The fourth-order valence-corrected chi connectivity index (χ4v) is 4.33. The topological polar surface area (TPSA) is 26.3 Å². The SMILES string of the molecule is Cc1cc2oc3ccccc3c2cc1-c1cc2c(cc1C)oc1ccccc12. The van der Waals surface area contributed by atoms with Crippen molar-refractivity contribution in [1.29, 1.82) is 0 Å². The number of benzene rings is 4. The third-order valence-electron chi connectivity index (χ3n) is 5.74. The van der Waals surface area contributed by atoms with Crippen molar-refractivity contribution < 1.29 is 8.83 Å². The van der Waals surface area contributed by atoms with Gasteiger partial charge in [-0.25, -0.2) is 0 Å². The number of hydrogen-bond donors (Lipinski definition) is 0. The maximum atomic E-state index is 6.05. The van der Waals surface area contributed by atoms with Gasteiger partial charge in [-0.2, -0.15) is 0 Å². The van der Waals surface area contributed by atoms with Gasteiger partial charge in [0.2, 0.25) is 0 Å². The molecule has 6 rings (SSSR count). The van der Waals surface area contributed by atoms with Crippen molar-refractivity contribution in [3.63, 3.8) is 0 Å². The molecule has 0 bridgehead atoms. The van der Waals surface area contributed by atoms with E-state index in [0.29, 0.717) is 0 Å². The summed E-state index contributed by atoms with van der Waals surface area (Å²) in [7, 11) is 0. The summed E-state index contributed by atoms with van der Waals surface area (Å²) in [4.78, 5) is 0. The van der Waals surface area contributed by atoms with E-state index in [-0.39, 0.29) is 0 Å². The molecule has 28 heavy (non-hydrogen) atoms. The van der Waals surface area contributed by atoms with Crippen molar-refractivity contribution in [2.24, 2.45) is 0 Å². The Balaban J connectivity index is 1.68. The van der Waals surface area contributed by atoms with E-state index >= 15 is 0 Å². The van der Waals surface area contributed by atoms with Crippen molar-refractivity contribution in [1.82, 2.24) is 0 Å². The Morgan fingerprint density at radius 3 is 1.36 bits per heavy atom. The van der Waals surface area contributed by atoms with E-state index < -0.39 is 0 Å². The molecule has 4 aromatic carbocycles. The van der Waals surface area contributed by atoms with E-state index in [0.717, 1.165) is 43.9 Å². The number of furan rings is 2. The standard InChI is InChI=1S/C26H18O2/c1-15-11-25-21(17-7-3-5-9-23(17)27-25)13-19(15)20-14-22-18-8-4-6-10-24(18)28-26(22)12-16(20)2/h3-14H,1-2H3. The van der Waals surface area contributed by atoms with Crippen LogP contribution in [-0.2, 0) is 0 Å². The van der Waals surface area contributed by atoms with Crippen LogP contribution >= 0.6 is 0 Å². The Bertz CT molecular complexity index is 1410. The molecule has 0 unspecified atom stereocenters. The average molecular weight is 362 g/mol. The zero-order chi connectivity index (χ0) is 18.8. The van der Waals surface area contributed by atoms with E-state index in [1.165, 1.54) is 22.3 Å². The quantitative estimate of drug-likeness (QED) is 0.299. The van der Waals surface area contributed by atoms with Gasteiger partial charge in [0.15, 0.2) is 0 Å². The normalized spacial score (nSPS) is 11.9. The van der Waals surface area contributed by atoms with Gasteiger partial charge in [0.1, 0.15) is 22.3 Å². The molecule has 0 N–H and O–H groups in total. The van der Waals surface area contributed by atoms with Gasteiger partial charge in [-0.15, -0.1) is 0 Å². The lowest BCUT2D eigenvalue weighted by molar-refractivity contribution is 0.668. The van der Waals surface area contributed by atoms with E-state index in [4.69, 9.17) is 8.83 Å². The first-order valence-electron chi connectivity index (χ1n) is 9.53. The predicted molar refractivity (Wildman–Crippen MR) is 116 cm³/mol. The Morgan fingerprint density at radius 2 is 0.893 bits per heavy atom. The van der Waals surface area contributed by atoms with E-state index in [1.807, 2.05) is 24.3 Å². The number of hydrogen-bond acceptors (Lipinski definition) is 2. The minimum absolute atomic E-state index is 0.932. The van der Waals surface area contributed by atoms with Gasteiger partial charge in [0.05, 0.1) is 0 Å². The number of para-hydroxylation sites is 2. The maximum absolute atomic E-state index is 6.05. The monoisotopic (exact) mass is 362 g/mol. The summed E-state index contributed by atoms with van der Waals surface area (Å²) in [6, 6.07) is 25.3. The van der Waals surface area contributed by atoms with Gasteiger partial charge in [-0.3, -0.25) is 0 Å². The third-order valence-corrected chi connectivity index (χ3v) is 5.74. The first kappa shape index (κ1) is 15.5. The summed E-state index contributed by atoms with van der Waals surface area (Å²) >= 11 is 0. The molecule has 2 heterocycles. The van der Waals surface area contributed by atoms with Crippen LogP contribution in [0, 0.1) is 13.8 Å². The lowest BCUT2D eigenvalue weighted by Gasteiger charge is -2.10. The van der Waals surface area contributed by atoms with Gasteiger partial charge >= 0.3 is 0 Å². The summed E-state index contributed by atoms with van der Waals surface area (Å²) < 4.78 is 12.1. The zero-order valence-electron chi connectivity index (χ0n) is 15.7. The first-order chi connectivity index (χ1) is 13.7. The summed E-state index contributed by atoms with van der Waals surface area (Å²) in [6.45, 7) is 4.30. The van der Waals surface area contributed by atoms with Gasteiger partial charge in [-0.05, 0) is 72.5 Å². The van der Waals surface area contributed by atoms with Crippen molar-refractivity contribution >= 4 is 43.9 Å². The number of rotatable bonds is 1. The molecule has 2 aromatic heterocycles. The van der Waals surface area contributed by atoms with Gasteiger partial charge < -0.3 is 8.83 Å². The van der Waals surface area contributed by atoms with Crippen LogP contribution in [0.2, 0.25) is 0 Å². The predicted octanol–water partition coefficient (Wildman–Crippen LogP) is 7.77. The van der Waals surface area contributed by atoms with Crippen molar-refractivity contribution in [2.75, 3.05) is 0 Å². The summed E-state index contributed by atoms with van der Waals surface area (Å²) in [5.74, 6) is 0. The van der Waals surface area contributed by atoms with Crippen LogP contribution in [0.1, 0.15) is 11.1 Å². The molecule has 2 heteroatoms. The third kappa shape index (κ3) is 2.09. The molecule has 0 saturated carbocycles. The minimum Gasteiger partial charge on any atom is -0.456 e. The molecule has 0 saturated heterocycles. The molecule has 0 aliphatic carbocycles. The highest BCUT2D eigenvalue weighted by molar-refractivity contribution is 6.09. The van der Waals surface area contributed by atoms with E-state index in [9.17, 15) is 0 Å². The Kier molecular flexibility index (Phi) is 3.05. The molecular weight excluding hydrogens is 344 g/mol. The average Bonchev–Trinajstić information content (AvgIpc) is 3.23. The Morgan fingerprint density at radius 1 is 0.464 bits per heavy atom. The summed E-state index contributed by atoms with van der Waals surface area (Å²) in [5.41, 5.74) is 8.64. The van der Waals surface area contributed by atoms with Gasteiger partial charge in [-0.1, -0.05) is 36.4 Å². The second kappa shape index (κ2) is 5.49. The van der Waals surface area contributed by atoms with Gasteiger partial charge in [0, 0.05) is 21.5 Å². The van der Waals surface area contributed by atoms with Crippen LogP contribution in [-0.4, -0.2) is 0 Å². The zero-order valence-corrected chi connectivity index (χ0v) is 15.7. The highest BCUT2D eigenvalue weighted by atomic mass is 16.3. The smallest absolute Gasteiger partial charge is 0.135 e. The Hall–Kier alpha value is -3.52. The van der Waals surface area contributed by atoms with Crippen LogP contribution in [0.3, 0.4) is 0 Å². The highest BCUT2D eigenvalue weighted by Gasteiger charge is 2.15. The minimum atomic E-state index is 0.932. The fourth-order valence-electron chi connectivity index (χ4n) is 4.33. The molecule has 2 nitrogen and oxygen atoms in total. The molecule has 0 amide bonds. The maximum Gasteiger partial charge on any atom is 0.135 e. The van der Waals surface area contributed by atoms with Crippen molar-refractivity contribution in [3.05, 3.63) is 83.9 Å². The lowest BCUT2D eigenvalue weighted by atomic mass is 9.93. The van der Waals surface area contributed by atoms with Gasteiger partial charge in [0.25, 0.3) is 0 Å². The summed E-state index contributed by atoms with van der Waals surface area (Å²) in [6.07, 6.45) is 0. The molecule has 6 aromatic rings. The number of aryl methyl sites for hydroxylation is 2. The summed E-state index contributed by atoms with van der Waals surface area (Å²) in [5, 5.41) is 4.64. The molecular formula is C26H18O2. The molecule has 0 radical (unpaired) electrons. The second-order valence-corrected chi connectivity index (χ2v) is 7.52. The highest BCUT2D eigenvalue weighted by Crippen LogP contribution is 2.39. The molecule has 0 atom stereocenters.